The average Bonchev–Trinajstić information content (AvgIpc) is 2.18. The molecule has 0 fully saturated rings. The Kier molecular flexibility index (Phi) is 3.93. The summed E-state index contributed by atoms with van der Waals surface area (Å²) < 4.78 is 10.4. The molecule has 0 aliphatic heterocycles. The average molecular weight is 179 g/mol. The molecule has 0 aromatic heterocycles. The fourth-order valence-corrected chi connectivity index (χ4v) is 1.29. The highest BCUT2D eigenvalue weighted by molar-refractivity contribution is 5.34. The van der Waals surface area contributed by atoms with Crippen molar-refractivity contribution in [1.82, 2.24) is 0 Å². The first-order valence-corrected chi connectivity index (χ1v) is 4.25. The van der Waals surface area contributed by atoms with Crippen molar-refractivity contribution in [2.45, 2.75) is 12.5 Å². The summed E-state index contributed by atoms with van der Waals surface area (Å²) in [5.74, 6) is 0. The third kappa shape index (κ3) is 2.54. The third-order valence-corrected chi connectivity index (χ3v) is 1.98. The molecule has 0 heterocycles. The molecule has 2 heteroatoms. The minimum Gasteiger partial charge on any atom is -0.374 e. The first-order valence-electron chi connectivity index (χ1n) is 4.25. The molecule has 0 spiro atoms. The number of hydrogen-bond donors (Lipinski definition) is 0. The highest BCUT2D eigenvalue weighted by atomic mass is 16.5. The SMILES string of the molecule is C=CCC1=CC(OC)[C](OC)C=C1. The van der Waals surface area contributed by atoms with E-state index in [1.807, 2.05) is 24.3 Å². The van der Waals surface area contributed by atoms with E-state index in [-0.39, 0.29) is 6.10 Å². The lowest BCUT2D eigenvalue weighted by atomic mass is 10.00. The van der Waals surface area contributed by atoms with Gasteiger partial charge in [0.15, 0.2) is 6.10 Å². The second-order valence-electron chi connectivity index (χ2n) is 2.83. The molecule has 1 aliphatic rings. The molecular formula is C11H15O2. The second-order valence-corrected chi connectivity index (χ2v) is 2.83. The molecule has 0 bridgehead atoms. The molecule has 0 aromatic rings. The molecule has 71 valence electrons. The summed E-state index contributed by atoms with van der Waals surface area (Å²) in [4.78, 5) is 0. The Morgan fingerprint density at radius 2 is 2.23 bits per heavy atom. The summed E-state index contributed by atoms with van der Waals surface area (Å²) in [7, 11) is 3.32. The summed E-state index contributed by atoms with van der Waals surface area (Å²) in [6, 6.07) is 0. The molecule has 0 aromatic carbocycles. The van der Waals surface area contributed by atoms with Crippen molar-refractivity contribution >= 4 is 0 Å². The molecular weight excluding hydrogens is 164 g/mol. The predicted octanol–water partition coefficient (Wildman–Crippen LogP) is 2.25. The van der Waals surface area contributed by atoms with Crippen LogP contribution in [0.25, 0.3) is 0 Å². The van der Waals surface area contributed by atoms with Gasteiger partial charge in [-0.15, -0.1) is 6.58 Å². The lowest BCUT2D eigenvalue weighted by molar-refractivity contribution is 0.0750. The van der Waals surface area contributed by atoms with Gasteiger partial charge in [-0.1, -0.05) is 12.2 Å². The van der Waals surface area contributed by atoms with Crippen molar-refractivity contribution in [3.05, 3.63) is 42.6 Å². The highest BCUT2D eigenvalue weighted by Gasteiger charge is 2.20. The number of ether oxygens (including phenoxy) is 2. The van der Waals surface area contributed by atoms with E-state index < -0.39 is 0 Å². The van der Waals surface area contributed by atoms with Gasteiger partial charge in [0.05, 0.1) is 0 Å². The summed E-state index contributed by atoms with van der Waals surface area (Å²) in [6.07, 6.45) is 9.54. The molecule has 0 N–H and O–H groups in total. The maximum atomic E-state index is 5.25. The third-order valence-electron chi connectivity index (χ3n) is 1.98. The molecule has 1 atom stereocenters. The Morgan fingerprint density at radius 1 is 1.46 bits per heavy atom. The molecule has 1 radical (unpaired) electrons. The first kappa shape index (κ1) is 10.2. The van der Waals surface area contributed by atoms with Gasteiger partial charge in [-0.2, -0.15) is 0 Å². The van der Waals surface area contributed by atoms with E-state index in [0.717, 1.165) is 12.5 Å². The van der Waals surface area contributed by atoms with Crippen LogP contribution in [0.3, 0.4) is 0 Å². The van der Waals surface area contributed by atoms with Crippen LogP contribution in [0.5, 0.6) is 0 Å². The molecule has 0 saturated heterocycles. The Balaban J connectivity index is 2.67. The Hall–Kier alpha value is -0.860. The smallest absolute Gasteiger partial charge is 0.151 e. The predicted molar refractivity (Wildman–Crippen MR) is 53.1 cm³/mol. The van der Waals surface area contributed by atoms with Crippen molar-refractivity contribution in [2.75, 3.05) is 14.2 Å². The number of rotatable bonds is 4. The van der Waals surface area contributed by atoms with Gasteiger partial charge >= 0.3 is 0 Å². The first-order chi connectivity index (χ1) is 6.31. The van der Waals surface area contributed by atoms with Crippen LogP contribution >= 0.6 is 0 Å². The zero-order valence-corrected chi connectivity index (χ0v) is 8.12. The van der Waals surface area contributed by atoms with E-state index in [1.54, 1.807) is 14.2 Å². The summed E-state index contributed by atoms with van der Waals surface area (Å²) >= 11 is 0. The van der Waals surface area contributed by atoms with Gasteiger partial charge in [-0.25, -0.2) is 0 Å². The van der Waals surface area contributed by atoms with Crippen LogP contribution in [0.2, 0.25) is 0 Å². The molecule has 1 aliphatic carbocycles. The molecule has 1 rings (SSSR count). The molecule has 1 unspecified atom stereocenters. The van der Waals surface area contributed by atoms with Gasteiger partial charge in [0.2, 0.25) is 0 Å². The Bertz CT molecular complexity index is 228. The fraction of sp³-hybridized carbons (Fsp3) is 0.364. The van der Waals surface area contributed by atoms with Crippen molar-refractivity contribution in [3.63, 3.8) is 0 Å². The van der Waals surface area contributed by atoms with Crippen LogP contribution in [0, 0.1) is 6.10 Å². The largest absolute Gasteiger partial charge is 0.374 e. The maximum Gasteiger partial charge on any atom is 0.151 e. The van der Waals surface area contributed by atoms with Crippen LogP contribution < -0.4 is 0 Å². The number of hydrogen-bond acceptors (Lipinski definition) is 2. The minimum absolute atomic E-state index is 0.0510. The minimum atomic E-state index is -0.0510. The maximum absolute atomic E-state index is 5.25. The lowest BCUT2D eigenvalue weighted by Gasteiger charge is -2.22. The van der Waals surface area contributed by atoms with Crippen LogP contribution in [0.15, 0.2) is 36.5 Å². The zero-order valence-electron chi connectivity index (χ0n) is 8.12. The van der Waals surface area contributed by atoms with E-state index in [0.29, 0.717) is 0 Å². The fourth-order valence-electron chi connectivity index (χ4n) is 1.29. The van der Waals surface area contributed by atoms with Crippen LogP contribution in [0.4, 0.5) is 0 Å². The van der Waals surface area contributed by atoms with Crippen LogP contribution in [0.1, 0.15) is 6.42 Å². The van der Waals surface area contributed by atoms with Gasteiger partial charge in [-0.3, -0.25) is 0 Å². The monoisotopic (exact) mass is 179 g/mol. The van der Waals surface area contributed by atoms with E-state index in [9.17, 15) is 0 Å². The van der Waals surface area contributed by atoms with E-state index >= 15 is 0 Å². The van der Waals surface area contributed by atoms with E-state index in [1.165, 1.54) is 5.57 Å². The summed E-state index contributed by atoms with van der Waals surface area (Å²) in [6.45, 7) is 3.69. The van der Waals surface area contributed by atoms with E-state index in [2.05, 4.69) is 6.58 Å². The van der Waals surface area contributed by atoms with Gasteiger partial charge < -0.3 is 9.47 Å². The van der Waals surface area contributed by atoms with E-state index in [4.69, 9.17) is 9.47 Å². The Labute approximate surface area is 79.5 Å². The number of allylic oxidation sites excluding steroid dienone is 3. The normalized spacial score (nSPS) is 22.9. The summed E-state index contributed by atoms with van der Waals surface area (Å²) in [5, 5.41) is 0. The van der Waals surface area contributed by atoms with Gasteiger partial charge in [0, 0.05) is 14.2 Å². The molecule has 13 heavy (non-hydrogen) atoms. The topological polar surface area (TPSA) is 18.5 Å². The van der Waals surface area contributed by atoms with Crippen LogP contribution in [-0.4, -0.2) is 20.3 Å². The van der Waals surface area contributed by atoms with Gasteiger partial charge in [0.1, 0.15) is 6.10 Å². The summed E-state index contributed by atoms with van der Waals surface area (Å²) in [5.41, 5.74) is 1.21. The molecule has 0 amide bonds. The highest BCUT2D eigenvalue weighted by Crippen LogP contribution is 2.23. The van der Waals surface area contributed by atoms with Crippen LogP contribution in [-0.2, 0) is 9.47 Å². The van der Waals surface area contributed by atoms with Crippen molar-refractivity contribution in [1.29, 1.82) is 0 Å². The van der Waals surface area contributed by atoms with Gasteiger partial charge in [0.25, 0.3) is 0 Å². The molecule has 0 saturated carbocycles. The zero-order chi connectivity index (χ0) is 9.68. The van der Waals surface area contributed by atoms with Crippen molar-refractivity contribution in [3.8, 4) is 0 Å². The second kappa shape index (κ2) is 5.00. The molecule has 2 nitrogen and oxygen atoms in total. The Morgan fingerprint density at radius 3 is 2.77 bits per heavy atom. The quantitative estimate of drug-likeness (QED) is 0.616. The van der Waals surface area contributed by atoms with Crippen molar-refractivity contribution in [2.24, 2.45) is 0 Å². The van der Waals surface area contributed by atoms with Crippen molar-refractivity contribution < 1.29 is 9.47 Å². The lowest BCUT2D eigenvalue weighted by Crippen LogP contribution is -2.21. The van der Waals surface area contributed by atoms with Gasteiger partial charge in [-0.05, 0) is 24.1 Å². The standard InChI is InChI=1S/C11H15O2/c1-4-5-9-6-7-10(12-2)11(8-9)13-3/h4,6-8,11H,1,5H2,2-3H3. The number of methoxy groups -OCH3 is 2.